The normalized spacial score (nSPS) is 11.3. The molecular weight excluding hydrogens is 342 g/mol. The number of hydrogen-bond acceptors (Lipinski definition) is 7. The molecule has 0 aliphatic carbocycles. The zero-order chi connectivity index (χ0) is 19.3. The van der Waals surface area contributed by atoms with Gasteiger partial charge in [-0.1, -0.05) is 17.3 Å². The second kappa shape index (κ2) is 8.10. The molecule has 2 rings (SSSR count). The first-order valence-electron chi connectivity index (χ1n) is 7.68. The number of aryl methyl sites for hydroxylation is 2. The summed E-state index contributed by atoms with van der Waals surface area (Å²) < 4.78 is 6.61. The molecule has 10 heteroatoms. The fraction of sp³-hybridized carbons (Fsp3) is 0.312. The van der Waals surface area contributed by atoms with Crippen LogP contribution in [0.4, 0.5) is 5.69 Å². The summed E-state index contributed by atoms with van der Waals surface area (Å²) in [6, 6.07) is 7.20. The van der Waals surface area contributed by atoms with Gasteiger partial charge >= 0.3 is 11.7 Å². The molecule has 0 atom stereocenters. The summed E-state index contributed by atoms with van der Waals surface area (Å²) in [6.07, 6.45) is 0. The van der Waals surface area contributed by atoms with Crippen molar-refractivity contribution in [3.05, 3.63) is 51.3 Å². The number of carbonyl (C=O) groups excluding carboxylic acids is 1. The maximum Gasteiger partial charge on any atom is 0.372 e. The third-order valence-electron chi connectivity index (χ3n) is 3.45. The number of nitrogens with zero attached hydrogens (tertiary/aromatic N) is 4. The second-order valence-corrected chi connectivity index (χ2v) is 5.59. The number of aromatic nitrogens is 2. The molecule has 0 spiro atoms. The average molecular weight is 361 g/mol. The maximum absolute atomic E-state index is 11.7. The van der Waals surface area contributed by atoms with Crippen LogP contribution in [-0.4, -0.2) is 33.1 Å². The number of carbonyl (C=O) groups is 1. The molecule has 10 nitrogen and oxygen atoms in total. The number of nitrogens with two attached hydrogens (primary N) is 1. The highest BCUT2D eigenvalue weighted by atomic mass is 16.7. The number of amidine groups is 1. The number of oxime groups is 1. The van der Waals surface area contributed by atoms with Crippen molar-refractivity contribution in [2.45, 2.75) is 27.3 Å². The highest BCUT2D eigenvalue weighted by Gasteiger charge is 2.22. The SMILES string of the molecule is Cc1cccc(OCC(=O)O/N=C(/N)Cn2nc(C)c([N+](=O)[O-])c2C)c1. The Morgan fingerprint density at radius 1 is 1.38 bits per heavy atom. The van der Waals surface area contributed by atoms with E-state index in [1.807, 2.05) is 13.0 Å². The van der Waals surface area contributed by atoms with E-state index in [1.54, 1.807) is 25.1 Å². The Kier molecular flexibility index (Phi) is 5.89. The van der Waals surface area contributed by atoms with Crippen LogP contribution in [-0.2, 0) is 16.2 Å². The lowest BCUT2D eigenvalue weighted by Crippen LogP contribution is -2.23. The molecule has 1 heterocycles. The number of rotatable bonds is 7. The van der Waals surface area contributed by atoms with Gasteiger partial charge in [0.2, 0.25) is 0 Å². The standard InChI is InChI=1S/C16H19N5O5/c1-10-5-4-6-13(7-10)25-9-15(22)26-19-14(17)8-20-12(3)16(21(23)24)11(2)18-20/h4-7H,8-9H2,1-3H3,(H2,17,19). The van der Waals surface area contributed by atoms with Gasteiger partial charge in [-0.25, -0.2) is 4.79 Å². The lowest BCUT2D eigenvalue weighted by Gasteiger charge is -2.05. The summed E-state index contributed by atoms with van der Waals surface area (Å²) in [5.41, 5.74) is 7.20. The van der Waals surface area contributed by atoms with Crippen molar-refractivity contribution in [2.75, 3.05) is 6.61 Å². The van der Waals surface area contributed by atoms with E-state index < -0.39 is 10.9 Å². The fourth-order valence-electron chi connectivity index (χ4n) is 2.27. The predicted molar refractivity (Wildman–Crippen MR) is 92.7 cm³/mol. The molecule has 138 valence electrons. The molecule has 2 aromatic rings. The van der Waals surface area contributed by atoms with E-state index in [1.165, 1.54) is 11.6 Å². The summed E-state index contributed by atoms with van der Waals surface area (Å²) in [5.74, 6) is -0.253. The van der Waals surface area contributed by atoms with Crippen LogP contribution in [0.15, 0.2) is 29.4 Å². The number of ether oxygens (including phenoxy) is 1. The molecule has 26 heavy (non-hydrogen) atoms. The van der Waals surface area contributed by atoms with Gasteiger partial charge in [0.05, 0.1) is 4.92 Å². The van der Waals surface area contributed by atoms with Gasteiger partial charge in [0.1, 0.15) is 23.7 Å². The first-order chi connectivity index (χ1) is 12.3. The van der Waals surface area contributed by atoms with Gasteiger partial charge in [0, 0.05) is 0 Å². The molecule has 0 unspecified atom stereocenters. The Balaban J connectivity index is 1.91. The monoisotopic (exact) mass is 361 g/mol. The van der Waals surface area contributed by atoms with Crippen LogP contribution in [0.1, 0.15) is 17.0 Å². The summed E-state index contributed by atoms with van der Waals surface area (Å²) >= 11 is 0. The fourth-order valence-corrected chi connectivity index (χ4v) is 2.27. The van der Waals surface area contributed by atoms with E-state index in [9.17, 15) is 14.9 Å². The largest absolute Gasteiger partial charge is 0.482 e. The Bertz CT molecular complexity index is 859. The Labute approximate surface area is 149 Å². The van der Waals surface area contributed by atoms with Crippen LogP contribution in [0.5, 0.6) is 5.75 Å². The van der Waals surface area contributed by atoms with E-state index in [4.69, 9.17) is 10.5 Å². The van der Waals surface area contributed by atoms with Gasteiger partial charge in [0.15, 0.2) is 12.4 Å². The van der Waals surface area contributed by atoms with E-state index in [-0.39, 0.29) is 30.4 Å². The Morgan fingerprint density at radius 2 is 2.12 bits per heavy atom. The molecule has 0 amide bonds. The van der Waals surface area contributed by atoms with E-state index in [2.05, 4.69) is 15.1 Å². The highest BCUT2D eigenvalue weighted by molar-refractivity contribution is 5.81. The third kappa shape index (κ3) is 4.79. The van der Waals surface area contributed by atoms with Gasteiger partial charge in [-0.15, -0.1) is 0 Å². The zero-order valence-electron chi connectivity index (χ0n) is 14.6. The predicted octanol–water partition coefficient (Wildman–Crippen LogP) is 1.61. The molecule has 1 aromatic heterocycles. The molecular formula is C16H19N5O5. The van der Waals surface area contributed by atoms with Crippen LogP contribution in [0.2, 0.25) is 0 Å². The van der Waals surface area contributed by atoms with Crippen LogP contribution in [0.3, 0.4) is 0 Å². The minimum atomic E-state index is -0.728. The highest BCUT2D eigenvalue weighted by Crippen LogP contribution is 2.21. The molecule has 0 fully saturated rings. The lowest BCUT2D eigenvalue weighted by molar-refractivity contribution is -0.386. The average Bonchev–Trinajstić information content (AvgIpc) is 2.84. The van der Waals surface area contributed by atoms with Crippen molar-refractivity contribution in [2.24, 2.45) is 10.9 Å². The molecule has 0 radical (unpaired) electrons. The van der Waals surface area contributed by atoms with Crippen LogP contribution < -0.4 is 10.5 Å². The summed E-state index contributed by atoms with van der Waals surface area (Å²) in [7, 11) is 0. The zero-order valence-corrected chi connectivity index (χ0v) is 14.6. The van der Waals surface area contributed by atoms with Gasteiger partial charge in [-0.3, -0.25) is 14.8 Å². The smallest absolute Gasteiger partial charge is 0.372 e. The van der Waals surface area contributed by atoms with E-state index in [0.717, 1.165) is 5.56 Å². The van der Waals surface area contributed by atoms with Crippen LogP contribution in [0.25, 0.3) is 0 Å². The number of benzene rings is 1. The topological polar surface area (TPSA) is 135 Å². The van der Waals surface area contributed by atoms with E-state index >= 15 is 0 Å². The second-order valence-electron chi connectivity index (χ2n) is 5.59. The molecule has 0 saturated carbocycles. The molecule has 0 aliphatic rings. The quantitative estimate of drug-likeness (QED) is 0.260. The summed E-state index contributed by atoms with van der Waals surface area (Å²) in [5, 5.41) is 18.5. The first-order valence-corrected chi connectivity index (χ1v) is 7.68. The Morgan fingerprint density at radius 3 is 2.73 bits per heavy atom. The van der Waals surface area contributed by atoms with Gasteiger partial charge < -0.3 is 15.3 Å². The van der Waals surface area contributed by atoms with Gasteiger partial charge in [-0.2, -0.15) is 5.10 Å². The molecule has 1 aromatic carbocycles. The molecule has 0 saturated heterocycles. The maximum atomic E-state index is 11.7. The molecule has 0 aliphatic heterocycles. The summed E-state index contributed by atoms with van der Waals surface area (Å²) in [6.45, 7) is 4.60. The lowest BCUT2D eigenvalue weighted by atomic mass is 10.2. The van der Waals surface area contributed by atoms with Crippen molar-refractivity contribution in [1.82, 2.24) is 9.78 Å². The minimum Gasteiger partial charge on any atom is -0.482 e. The number of nitro groups is 1. The van der Waals surface area contributed by atoms with Crippen molar-refractivity contribution in [1.29, 1.82) is 0 Å². The minimum absolute atomic E-state index is 0.0491. The first kappa shape index (κ1) is 18.9. The van der Waals surface area contributed by atoms with Crippen molar-refractivity contribution in [3.8, 4) is 5.75 Å². The third-order valence-corrected chi connectivity index (χ3v) is 3.45. The molecule has 2 N–H and O–H groups in total. The molecule has 0 bridgehead atoms. The summed E-state index contributed by atoms with van der Waals surface area (Å²) in [4.78, 5) is 26.8. The van der Waals surface area contributed by atoms with Crippen molar-refractivity contribution in [3.63, 3.8) is 0 Å². The number of hydrogen-bond donors (Lipinski definition) is 1. The van der Waals surface area contributed by atoms with Gasteiger partial charge in [-0.05, 0) is 38.5 Å². The van der Waals surface area contributed by atoms with Crippen LogP contribution >= 0.6 is 0 Å². The van der Waals surface area contributed by atoms with Crippen molar-refractivity contribution >= 4 is 17.5 Å². The van der Waals surface area contributed by atoms with Gasteiger partial charge in [0.25, 0.3) is 0 Å². The van der Waals surface area contributed by atoms with Crippen LogP contribution in [0, 0.1) is 30.9 Å². The van der Waals surface area contributed by atoms with E-state index in [0.29, 0.717) is 11.4 Å². The van der Waals surface area contributed by atoms with Crippen molar-refractivity contribution < 1.29 is 19.3 Å². The Hall–Kier alpha value is -3.43.